The molecule has 2 rings (SSSR count). The number of amides is 2. The average molecular weight is 296 g/mol. The molecule has 0 spiro atoms. The first-order valence-electron chi connectivity index (χ1n) is 6.65. The lowest BCUT2D eigenvalue weighted by Gasteiger charge is -2.12. The lowest BCUT2D eigenvalue weighted by Crippen LogP contribution is -2.27. The molecule has 20 heavy (non-hydrogen) atoms. The zero-order valence-electron chi connectivity index (χ0n) is 11.3. The molecule has 0 saturated carbocycles. The van der Waals surface area contributed by atoms with Crippen LogP contribution < -0.4 is 16.0 Å². The van der Waals surface area contributed by atoms with Crippen molar-refractivity contribution in [2.75, 3.05) is 17.2 Å². The minimum absolute atomic E-state index is 0.0775. The Morgan fingerprint density at radius 3 is 2.85 bits per heavy atom. The Morgan fingerprint density at radius 1 is 1.40 bits per heavy atom. The van der Waals surface area contributed by atoms with Gasteiger partial charge in [-0.2, -0.15) is 0 Å². The number of benzene rings is 1. The Bertz CT molecular complexity index is 513. The van der Waals surface area contributed by atoms with Gasteiger partial charge in [0.25, 0.3) is 0 Å². The summed E-state index contributed by atoms with van der Waals surface area (Å²) in [5, 5.41) is 9.17. The van der Waals surface area contributed by atoms with Gasteiger partial charge in [-0.15, -0.1) is 0 Å². The van der Waals surface area contributed by atoms with Crippen LogP contribution >= 0.6 is 11.6 Å². The molecule has 2 amide bonds. The van der Waals surface area contributed by atoms with E-state index in [1.54, 1.807) is 18.2 Å². The highest BCUT2D eigenvalue weighted by Crippen LogP contribution is 2.26. The second-order valence-electron chi connectivity index (χ2n) is 4.92. The molecular formula is C14H18ClN3O2. The summed E-state index contributed by atoms with van der Waals surface area (Å²) in [6, 6.07) is 5.24. The van der Waals surface area contributed by atoms with E-state index in [1.165, 1.54) is 6.92 Å². The van der Waals surface area contributed by atoms with E-state index >= 15 is 0 Å². The number of hydrogen-bond acceptors (Lipinski definition) is 3. The van der Waals surface area contributed by atoms with Crippen molar-refractivity contribution < 1.29 is 9.59 Å². The van der Waals surface area contributed by atoms with E-state index in [-0.39, 0.29) is 17.9 Å². The van der Waals surface area contributed by atoms with Crippen LogP contribution in [0.1, 0.15) is 26.2 Å². The van der Waals surface area contributed by atoms with E-state index in [0.717, 1.165) is 19.4 Å². The van der Waals surface area contributed by atoms with Crippen molar-refractivity contribution in [1.82, 2.24) is 5.32 Å². The van der Waals surface area contributed by atoms with Gasteiger partial charge < -0.3 is 16.0 Å². The van der Waals surface area contributed by atoms with Gasteiger partial charge in [-0.3, -0.25) is 9.59 Å². The summed E-state index contributed by atoms with van der Waals surface area (Å²) in [7, 11) is 0. The quantitative estimate of drug-likeness (QED) is 0.799. The van der Waals surface area contributed by atoms with Crippen LogP contribution in [0.2, 0.25) is 5.02 Å². The fourth-order valence-corrected chi connectivity index (χ4v) is 2.42. The Morgan fingerprint density at radius 2 is 2.20 bits per heavy atom. The third-order valence-corrected chi connectivity index (χ3v) is 3.48. The average Bonchev–Trinajstić information content (AvgIpc) is 2.85. The minimum atomic E-state index is -0.167. The van der Waals surface area contributed by atoms with E-state index in [1.807, 2.05) is 0 Å². The van der Waals surface area contributed by atoms with Gasteiger partial charge in [-0.25, -0.2) is 0 Å². The Labute approximate surface area is 123 Å². The van der Waals surface area contributed by atoms with Gasteiger partial charge in [0.05, 0.1) is 10.7 Å². The topological polar surface area (TPSA) is 70.2 Å². The molecule has 1 aromatic carbocycles. The van der Waals surface area contributed by atoms with E-state index in [2.05, 4.69) is 16.0 Å². The van der Waals surface area contributed by atoms with Gasteiger partial charge in [0, 0.05) is 25.1 Å². The summed E-state index contributed by atoms with van der Waals surface area (Å²) in [6.07, 6.45) is 2.56. The molecule has 1 aliphatic heterocycles. The minimum Gasteiger partial charge on any atom is -0.326 e. The number of anilines is 2. The molecule has 1 heterocycles. The zero-order valence-corrected chi connectivity index (χ0v) is 12.1. The second-order valence-corrected chi connectivity index (χ2v) is 5.33. The SMILES string of the molecule is CC(=O)Nc1ccc(Cl)c(NC(=O)CC2CCCN2)c1. The highest BCUT2D eigenvalue weighted by Gasteiger charge is 2.18. The van der Waals surface area contributed by atoms with Crippen LogP contribution in [0.4, 0.5) is 11.4 Å². The molecule has 6 heteroatoms. The lowest BCUT2D eigenvalue weighted by molar-refractivity contribution is -0.116. The van der Waals surface area contributed by atoms with Crippen molar-refractivity contribution in [3.05, 3.63) is 23.2 Å². The van der Waals surface area contributed by atoms with E-state index in [4.69, 9.17) is 11.6 Å². The summed E-state index contributed by atoms with van der Waals surface area (Å²) >= 11 is 6.05. The van der Waals surface area contributed by atoms with Gasteiger partial charge in [0.15, 0.2) is 0 Å². The van der Waals surface area contributed by atoms with Crippen molar-refractivity contribution in [1.29, 1.82) is 0 Å². The lowest BCUT2D eigenvalue weighted by atomic mass is 10.1. The predicted octanol–water partition coefficient (Wildman–Crippen LogP) is 2.38. The maximum atomic E-state index is 12.0. The number of hydrogen-bond donors (Lipinski definition) is 3. The highest BCUT2D eigenvalue weighted by atomic mass is 35.5. The smallest absolute Gasteiger partial charge is 0.225 e. The van der Waals surface area contributed by atoms with Crippen LogP contribution in [0.3, 0.4) is 0 Å². The molecule has 1 fully saturated rings. The van der Waals surface area contributed by atoms with Gasteiger partial charge >= 0.3 is 0 Å². The molecule has 108 valence electrons. The first-order valence-corrected chi connectivity index (χ1v) is 7.03. The number of halogens is 1. The summed E-state index contributed by atoms with van der Waals surface area (Å²) < 4.78 is 0. The van der Waals surface area contributed by atoms with E-state index in [0.29, 0.717) is 22.8 Å². The van der Waals surface area contributed by atoms with Crippen LogP contribution in [0.15, 0.2) is 18.2 Å². The van der Waals surface area contributed by atoms with E-state index < -0.39 is 0 Å². The van der Waals surface area contributed by atoms with Gasteiger partial charge in [-0.05, 0) is 37.6 Å². The Balaban J connectivity index is 1.99. The van der Waals surface area contributed by atoms with Crippen molar-refractivity contribution in [2.24, 2.45) is 0 Å². The first kappa shape index (κ1) is 14.8. The number of nitrogens with one attached hydrogen (secondary N) is 3. The summed E-state index contributed by atoms with van der Waals surface area (Å²) in [6.45, 7) is 2.40. The number of carbonyl (C=O) groups excluding carboxylic acids is 2. The van der Waals surface area contributed by atoms with Crippen LogP contribution in [0.5, 0.6) is 0 Å². The fourth-order valence-electron chi connectivity index (χ4n) is 2.26. The van der Waals surface area contributed by atoms with Crippen molar-refractivity contribution >= 4 is 34.8 Å². The summed E-state index contributed by atoms with van der Waals surface area (Å²) in [5.74, 6) is -0.244. The molecule has 1 saturated heterocycles. The van der Waals surface area contributed by atoms with Crippen LogP contribution in [-0.4, -0.2) is 24.4 Å². The van der Waals surface area contributed by atoms with Crippen LogP contribution in [0.25, 0.3) is 0 Å². The van der Waals surface area contributed by atoms with E-state index in [9.17, 15) is 9.59 Å². The molecule has 1 aliphatic rings. The molecule has 3 N–H and O–H groups in total. The number of carbonyl (C=O) groups is 2. The monoisotopic (exact) mass is 295 g/mol. The first-order chi connectivity index (χ1) is 9.54. The third kappa shape index (κ3) is 4.21. The molecule has 1 aromatic rings. The molecule has 0 aromatic heterocycles. The molecule has 1 atom stereocenters. The maximum Gasteiger partial charge on any atom is 0.225 e. The van der Waals surface area contributed by atoms with Crippen molar-refractivity contribution in [2.45, 2.75) is 32.2 Å². The molecular weight excluding hydrogens is 278 g/mol. The predicted molar refractivity (Wildman–Crippen MR) is 80.0 cm³/mol. The molecule has 1 unspecified atom stereocenters. The van der Waals surface area contributed by atoms with Gasteiger partial charge in [-0.1, -0.05) is 11.6 Å². The second kappa shape index (κ2) is 6.72. The van der Waals surface area contributed by atoms with Crippen LogP contribution in [0, 0.1) is 0 Å². The van der Waals surface area contributed by atoms with Crippen LogP contribution in [-0.2, 0) is 9.59 Å². The molecule has 0 radical (unpaired) electrons. The molecule has 5 nitrogen and oxygen atoms in total. The maximum absolute atomic E-state index is 12.0. The standard InChI is InChI=1S/C14H18ClN3O2/c1-9(19)17-11-4-5-12(15)13(7-11)18-14(20)8-10-3-2-6-16-10/h4-5,7,10,16H,2-3,6,8H2,1H3,(H,17,19)(H,18,20). The summed E-state index contributed by atoms with van der Waals surface area (Å²) in [4.78, 5) is 23.0. The normalized spacial score (nSPS) is 17.8. The Hall–Kier alpha value is -1.59. The molecule has 0 bridgehead atoms. The zero-order chi connectivity index (χ0) is 14.5. The highest BCUT2D eigenvalue weighted by molar-refractivity contribution is 6.33. The largest absolute Gasteiger partial charge is 0.326 e. The number of rotatable bonds is 4. The van der Waals surface area contributed by atoms with Gasteiger partial charge in [0.2, 0.25) is 11.8 Å². The van der Waals surface area contributed by atoms with Crippen molar-refractivity contribution in [3.8, 4) is 0 Å². The summed E-state index contributed by atoms with van der Waals surface area (Å²) in [5.41, 5.74) is 1.12. The fraction of sp³-hybridized carbons (Fsp3) is 0.429. The van der Waals surface area contributed by atoms with Gasteiger partial charge in [0.1, 0.15) is 0 Å². The Kier molecular flexibility index (Phi) is 4.98. The third-order valence-electron chi connectivity index (χ3n) is 3.15. The van der Waals surface area contributed by atoms with Crippen molar-refractivity contribution in [3.63, 3.8) is 0 Å². The molecule has 0 aliphatic carbocycles.